The van der Waals surface area contributed by atoms with Crippen LogP contribution in [0.15, 0.2) is 18.2 Å². The van der Waals surface area contributed by atoms with E-state index in [0.29, 0.717) is 5.56 Å². The molecule has 0 saturated carbocycles. The van der Waals surface area contributed by atoms with Crippen LogP contribution in [0.1, 0.15) is 75.4 Å². The summed E-state index contributed by atoms with van der Waals surface area (Å²) in [5, 5.41) is 0. The van der Waals surface area contributed by atoms with Crippen LogP contribution >= 0.6 is 0 Å². The summed E-state index contributed by atoms with van der Waals surface area (Å²) >= 11 is 0. The molecule has 0 spiro atoms. The lowest BCUT2D eigenvalue weighted by Gasteiger charge is -2.28. The number of methoxy groups -OCH3 is 1. The number of hydrogen-bond donors (Lipinski definition) is 0. The SMILES string of the molecule is CCCCc1cc(C)cc(C(=O)N(CC(=O)OC(C)C(CC)OC)C(C)C)c1. The summed E-state index contributed by atoms with van der Waals surface area (Å²) < 4.78 is 10.8. The van der Waals surface area contributed by atoms with Crippen molar-refractivity contribution >= 4 is 11.9 Å². The minimum absolute atomic E-state index is 0.0702. The summed E-state index contributed by atoms with van der Waals surface area (Å²) in [6.07, 6.45) is 3.40. The van der Waals surface area contributed by atoms with Crippen LogP contribution in [0.3, 0.4) is 0 Å². The predicted octanol–water partition coefficient (Wildman–Crippen LogP) is 4.54. The van der Waals surface area contributed by atoms with Gasteiger partial charge in [-0.25, -0.2) is 0 Å². The standard InChI is InChI=1S/C23H37NO4/c1-8-10-11-19-12-17(5)13-20(14-19)23(26)24(16(3)4)15-22(25)28-18(6)21(9-2)27-7/h12-14,16,18,21H,8-11,15H2,1-7H3. The Morgan fingerprint density at radius 3 is 2.32 bits per heavy atom. The average molecular weight is 392 g/mol. The van der Waals surface area contributed by atoms with Gasteiger partial charge in [0.15, 0.2) is 0 Å². The first-order valence-corrected chi connectivity index (χ1v) is 10.4. The van der Waals surface area contributed by atoms with Crippen LogP contribution in [0.4, 0.5) is 0 Å². The summed E-state index contributed by atoms with van der Waals surface area (Å²) in [5.74, 6) is -0.552. The maximum Gasteiger partial charge on any atom is 0.326 e. The topological polar surface area (TPSA) is 55.8 Å². The normalized spacial score (nSPS) is 13.3. The largest absolute Gasteiger partial charge is 0.459 e. The molecular weight excluding hydrogens is 354 g/mol. The number of nitrogens with zero attached hydrogens (tertiary/aromatic N) is 1. The van der Waals surface area contributed by atoms with Gasteiger partial charge in [-0.05, 0) is 64.7 Å². The van der Waals surface area contributed by atoms with E-state index in [9.17, 15) is 9.59 Å². The molecule has 0 radical (unpaired) electrons. The second-order valence-corrected chi connectivity index (χ2v) is 7.72. The molecule has 0 saturated heterocycles. The molecule has 0 bridgehead atoms. The van der Waals surface area contributed by atoms with Crippen LogP contribution in [0, 0.1) is 6.92 Å². The fourth-order valence-corrected chi connectivity index (χ4v) is 3.32. The zero-order chi connectivity index (χ0) is 21.3. The zero-order valence-electron chi connectivity index (χ0n) is 18.6. The molecule has 2 atom stereocenters. The van der Waals surface area contributed by atoms with Crippen molar-refractivity contribution < 1.29 is 19.1 Å². The Labute approximate surface area is 170 Å². The lowest BCUT2D eigenvalue weighted by Crippen LogP contribution is -2.42. The first-order valence-electron chi connectivity index (χ1n) is 10.4. The van der Waals surface area contributed by atoms with E-state index in [1.54, 1.807) is 12.0 Å². The third-order valence-corrected chi connectivity index (χ3v) is 4.93. The van der Waals surface area contributed by atoms with Gasteiger partial charge in [0.1, 0.15) is 12.6 Å². The Bertz CT molecular complexity index is 637. The minimum atomic E-state index is -0.413. The number of ether oxygens (including phenoxy) is 2. The molecule has 1 amide bonds. The molecule has 28 heavy (non-hydrogen) atoms. The third-order valence-electron chi connectivity index (χ3n) is 4.93. The smallest absolute Gasteiger partial charge is 0.326 e. The van der Waals surface area contributed by atoms with Crippen LogP contribution < -0.4 is 0 Å². The van der Waals surface area contributed by atoms with E-state index < -0.39 is 5.97 Å². The molecule has 158 valence electrons. The van der Waals surface area contributed by atoms with Crippen molar-refractivity contribution in [3.8, 4) is 0 Å². The van der Waals surface area contributed by atoms with Crippen molar-refractivity contribution in [1.82, 2.24) is 4.90 Å². The summed E-state index contributed by atoms with van der Waals surface area (Å²) in [6.45, 7) is 11.7. The Kier molecular flexibility index (Phi) is 10.2. The fourth-order valence-electron chi connectivity index (χ4n) is 3.32. The van der Waals surface area contributed by atoms with E-state index in [2.05, 4.69) is 13.0 Å². The highest BCUT2D eigenvalue weighted by Crippen LogP contribution is 2.16. The molecule has 1 rings (SSSR count). The van der Waals surface area contributed by atoms with Gasteiger partial charge < -0.3 is 14.4 Å². The number of carbonyl (C=O) groups excluding carboxylic acids is 2. The van der Waals surface area contributed by atoms with Crippen molar-refractivity contribution in [2.75, 3.05) is 13.7 Å². The highest BCUT2D eigenvalue weighted by atomic mass is 16.6. The van der Waals surface area contributed by atoms with E-state index in [1.807, 2.05) is 46.8 Å². The van der Waals surface area contributed by atoms with Crippen LogP contribution in [0.25, 0.3) is 0 Å². The van der Waals surface area contributed by atoms with Gasteiger partial charge in [0.05, 0.1) is 6.10 Å². The Morgan fingerprint density at radius 2 is 1.79 bits per heavy atom. The van der Waals surface area contributed by atoms with Gasteiger partial charge in [-0.15, -0.1) is 0 Å². The number of benzene rings is 1. The molecule has 0 fully saturated rings. The molecule has 0 aliphatic carbocycles. The Balaban J connectivity index is 2.92. The number of carbonyl (C=O) groups is 2. The van der Waals surface area contributed by atoms with Crippen LogP contribution in [0.2, 0.25) is 0 Å². The van der Waals surface area contributed by atoms with Crippen molar-refractivity contribution in [1.29, 1.82) is 0 Å². The number of esters is 1. The second-order valence-electron chi connectivity index (χ2n) is 7.72. The highest BCUT2D eigenvalue weighted by Gasteiger charge is 2.25. The molecule has 2 unspecified atom stereocenters. The van der Waals surface area contributed by atoms with Crippen LogP contribution in [0.5, 0.6) is 0 Å². The predicted molar refractivity (Wildman–Crippen MR) is 113 cm³/mol. The maximum atomic E-state index is 13.1. The molecular formula is C23H37NO4. The minimum Gasteiger partial charge on any atom is -0.459 e. The summed E-state index contributed by atoms with van der Waals surface area (Å²) in [4.78, 5) is 27.1. The van der Waals surface area contributed by atoms with Gasteiger partial charge in [-0.1, -0.05) is 31.9 Å². The number of unbranched alkanes of at least 4 members (excludes halogenated alkanes) is 1. The van der Waals surface area contributed by atoms with Crippen molar-refractivity contribution in [3.05, 3.63) is 34.9 Å². The molecule has 0 aliphatic heterocycles. The second kappa shape index (κ2) is 11.8. The number of rotatable bonds is 11. The van der Waals surface area contributed by atoms with Crippen LogP contribution in [-0.2, 0) is 20.7 Å². The molecule has 5 heteroatoms. The van der Waals surface area contributed by atoms with E-state index in [0.717, 1.165) is 36.8 Å². The van der Waals surface area contributed by atoms with E-state index in [-0.39, 0.29) is 30.7 Å². The van der Waals surface area contributed by atoms with Crippen molar-refractivity contribution in [2.45, 2.75) is 85.5 Å². The lowest BCUT2D eigenvalue weighted by atomic mass is 10.0. The molecule has 0 N–H and O–H groups in total. The first kappa shape index (κ1) is 24.2. The average Bonchev–Trinajstić information content (AvgIpc) is 2.64. The van der Waals surface area contributed by atoms with Gasteiger partial charge in [0.25, 0.3) is 5.91 Å². The number of hydrogen-bond acceptors (Lipinski definition) is 4. The lowest BCUT2D eigenvalue weighted by molar-refractivity contribution is -0.156. The van der Waals surface area contributed by atoms with Gasteiger partial charge in [-0.3, -0.25) is 9.59 Å². The van der Waals surface area contributed by atoms with Gasteiger partial charge in [-0.2, -0.15) is 0 Å². The number of amides is 1. The zero-order valence-corrected chi connectivity index (χ0v) is 18.6. The highest BCUT2D eigenvalue weighted by molar-refractivity contribution is 5.96. The Hall–Kier alpha value is -1.88. The van der Waals surface area contributed by atoms with Gasteiger partial charge in [0, 0.05) is 18.7 Å². The maximum absolute atomic E-state index is 13.1. The summed E-state index contributed by atoms with van der Waals surface area (Å²) in [7, 11) is 1.61. The molecule has 0 aliphatic rings. The monoisotopic (exact) mass is 391 g/mol. The molecule has 5 nitrogen and oxygen atoms in total. The fraction of sp³-hybridized carbons (Fsp3) is 0.652. The van der Waals surface area contributed by atoms with Crippen molar-refractivity contribution in [3.63, 3.8) is 0 Å². The molecule has 0 heterocycles. The third kappa shape index (κ3) is 7.27. The molecule has 1 aromatic rings. The van der Waals surface area contributed by atoms with Crippen LogP contribution in [-0.4, -0.2) is 48.7 Å². The summed E-state index contributed by atoms with van der Waals surface area (Å²) in [6, 6.07) is 5.85. The van der Waals surface area contributed by atoms with E-state index in [4.69, 9.17) is 9.47 Å². The van der Waals surface area contributed by atoms with Gasteiger partial charge in [0.2, 0.25) is 0 Å². The Morgan fingerprint density at radius 1 is 1.11 bits per heavy atom. The van der Waals surface area contributed by atoms with Gasteiger partial charge >= 0.3 is 5.97 Å². The summed E-state index contributed by atoms with van der Waals surface area (Å²) in [5.41, 5.74) is 2.85. The van der Waals surface area contributed by atoms with E-state index in [1.165, 1.54) is 0 Å². The number of aryl methyl sites for hydroxylation is 2. The van der Waals surface area contributed by atoms with Crippen molar-refractivity contribution in [2.24, 2.45) is 0 Å². The molecule has 1 aromatic carbocycles. The van der Waals surface area contributed by atoms with E-state index >= 15 is 0 Å². The molecule has 0 aromatic heterocycles. The quantitative estimate of drug-likeness (QED) is 0.520. The first-order chi connectivity index (χ1) is 13.2.